The highest BCUT2D eigenvalue weighted by molar-refractivity contribution is 9.10. The first-order chi connectivity index (χ1) is 9.95. The van der Waals surface area contributed by atoms with Gasteiger partial charge in [-0.15, -0.1) is 0 Å². The van der Waals surface area contributed by atoms with Crippen molar-refractivity contribution < 1.29 is 9.90 Å². The number of carbonyl (C=O) groups excluding carboxylic acids is 1. The van der Waals surface area contributed by atoms with E-state index in [4.69, 9.17) is 5.73 Å². The highest BCUT2D eigenvalue weighted by Gasteiger charge is 2.14. The van der Waals surface area contributed by atoms with Gasteiger partial charge in [-0.1, -0.05) is 12.1 Å². The summed E-state index contributed by atoms with van der Waals surface area (Å²) in [6, 6.07) is 7.78. The van der Waals surface area contributed by atoms with Crippen molar-refractivity contribution in [2.45, 2.75) is 19.4 Å². The molecule has 1 aromatic heterocycles. The van der Waals surface area contributed by atoms with Crippen LogP contribution < -0.4 is 11.1 Å². The van der Waals surface area contributed by atoms with Crippen molar-refractivity contribution in [1.29, 1.82) is 0 Å². The smallest absolute Gasteiger partial charge is 0.241 e. The molecule has 1 atom stereocenters. The Hall–Kier alpha value is -1.92. The zero-order chi connectivity index (χ0) is 15.4. The number of phenols is 1. The molecule has 0 saturated carbocycles. The van der Waals surface area contributed by atoms with Crippen LogP contribution in [0.2, 0.25) is 0 Å². The van der Waals surface area contributed by atoms with Gasteiger partial charge in [0.1, 0.15) is 10.4 Å². The highest BCUT2D eigenvalue weighted by Crippen LogP contribution is 2.17. The van der Waals surface area contributed by atoms with Crippen LogP contribution in [0.25, 0.3) is 0 Å². The lowest BCUT2D eigenvalue weighted by molar-refractivity contribution is -0.117. The van der Waals surface area contributed by atoms with Gasteiger partial charge in [0.15, 0.2) is 0 Å². The van der Waals surface area contributed by atoms with E-state index >= 15 is 0 Å². The van der Waals surface area contributed by atoms with E-state index in [-0.39, 0.29) is 11.7 Å². The van der Waals surface area contributed by atoms with Gasteiger partial charge in [-0.2, -0.15) is 0 Å². The summed E-state index contributed by atoms with van der Waals surface area (Å²) in [4.78, 5) is 16.2. The molecule has 110 valence electrons. The molecule has 5 nitrogen and oxygen atoms in total. The number of hydrogen-bond donors (Lipinski definition) is 3. The first-order valence-electron chi connectivity index (χ1n) is 6.42. The second-order valence-electron chi connectivity index (χ2n) is 4.80. The van der Waals surface area contributed by atoms with Crippen molar-refractivity contribution in [1.82, 2.24) is 4.98 Å². The van der Waals surface area contributed by atoms with Gasteiger partial charge in [0.2, 0.25) is 5.91 Å². The lowest BCUT2D eigenvalue weighted by Crippen LogP contribution is -2.37. The third-order valence-electron chi connectivity index (χ3n) is 3.01. The SMILES string of the molecule is Cc1cc(NC(=O)C(N)Cc2ccc(O)cc2)cnc1Br. The molecular formula is C15H16BrN3O2. The van der Waals surface area contributed by atoms with Gasteiger partial charge >= 0.3 is 0 Å². The van der Waals surface area contributed by atoms with Crippen LogP contribution in [0.4, 0.5) is 5.69 Å². The van der Waals surface area contributed by atoms with Crippen LogP contribution in [0.15, 0.2) is 41.1 Å². The number of anilines is 1. The lowest BCUT2D eigenvalue weighted by Gasteiger charge is -2.13. The van der Waals surface area contributed by atoms with Crippen LogP contribution >= 0.6 is 15.9 Å². The quantitative estimate of drug-likeness (QED) is 0.739. The first kappa shape index (κ1) is 15.5. The fourth-order valence-electron chi connectivity index (χ4n) is 1.84. The number of aryl methyl sites for hydroxylation is 1. The Kier molecular flexibility index (Phi) is 4.93. The van der Waals surface area contributed by atoms with Crippen LogP contribution in [0.1, 0.15) is 11.1 Å². The number of nitrogens with zero attached hydrogens (tertiary/aromatic N) is 1. The number of carbonyl (C=O) groups is 1. The van der Waals surface area contributed by atoms with Gasteiger partial charge in [0.25, 0.3) is 0 Å². The number of aromatic nitrogens is 1. The van der Waals surface area contributed by atoms with Crippen LogP contribution in [0.3, 0.4) is 0 Å². The van der Waals surface area contributed by atoms with E-state index in [0.717, 1.165) is 15.7 Å². The summed E-state index contributed by atoms with van der Waals surface area (Å²) in [5.74, 6) is -0.0835. The Morgan fingerprint density at radius 3 is 2.71 bits per heavy atom. The van der Waals surface area contributed by atoms with Crippen LogP contribution in [-0.2, 0) is 11.2 Å². The average molecular weight is 350 g/mol. The summed E-state index contributed by atoms with van der Waals surface area (Å²) in [6.45, 7) is 1.89. The average Bonchev–Trinajstić information content (AvgIpc) is 2.45. The molecule has 0 spiro atoms. The van der Waals surface area contributed by atoms with E-state index < -0.39 is 6.04 Å². The summed E-state index contributed by atoms with van der Waals surface area (Å²) >= 11 is 3.31. The zero-order valence-corrected chi connectivity index (χ0v) is 13.1. The minimum atomic E-state index is -0.668. The molecule has 1 heterocycles. The summed E-state index contributed by atoms with van der Waals surface area (Å²) in [5, 5.41) is 12.0. The summed E-state index contributed by atoms with van der Waals surface area (Å²) in [5.41, 5.74) is 8.33. The molecule has 0 radical (unpaired) electrons. The number of halogens is 1. The number of aromatic hydroxyl groups is 1. The molecule has 21 heavy (non-hydrogen) atoms. The monoisotopic (exact) mass is 349 g/mol. The maximum Gasteiger partial charge on any atom is 0.241 e. The number of nitrogens with two attached hydrogens (primary N) is 1. The summed E-state index contributed by atoms with van der Waals surface area (Å²) < 4.78 is 0.744. The highest BCUT2D eigenvalue weighted by atomic mass is 79.9. The fraction of sp³-hybridized carbons (Fsp3) is 0.200. The fourth-order valence-corrected chi connectivity index (χ4v) is 2.06. The predicted molar refractivity (Wildman–Crippen MR) is 85.1 cm³/mol. The van der Waals surface area contributed by atoms with Crippen LogP contribution in [-0.4, -0.2) is 22.0 Å². The van der Waals surface area contributed by atoms with E-state index in [2.05, 4.69) is 26.2 Å². The van der Waals surface area contributed by atoms with Crippen molar-refractivity contribution in [3.63, 3.8) is 0 Å². The maximum absolute atomic E-state index is 12.1. The van der Waals surface area contributed by atoms with Gasteiger partial charge in [0, 0.05) is 0 Å². The predicted octanol–water partition coefficient (Wildman–Crippen LogP) is 2.37. The van der Waals surface area contributed by atoms with E-state index in [0.29, 0.717) is 12.1 Å². The minimum Gasteiger partial charge on any atom is -0.508 e. The second kappa shape index (κ2) is 6.69. The number of pyridine rings is 1. The number of nitrogens with one attached hydrogen (secondary N) is 1. The number of rotatable bonds is 4. The molecule has 1 unspecified atom stereocenters. The van der Waals surface area contributed by atoms with E-state index in [1.165, 1.54) is 0 Å². The lowest BCUT2D eigenvalue weighted by atomic mass is 10.1. The Bertz CT molecular complexity index is 644. The van der Waals surface area contributed by atoms with E-state index in [9.17, 15) is 9.90 Å². The van der Waals surface area contributed by atoms with Crippen molar-refractivity contribution in [2.24, 2.45) is 5.73 Å². The van der Waals surface area contributed by atoms with Crippen LogP contribution in [0.5, 0.6) is 5.75 Å². The summed E-state index contributed by atoms with van der Waals surface area (Å²) in [6.07, 6.45) is 1.97. The zero-order valence-electron chi connectivity index (χ0n) is 11.5. The molecule has 0 fully saturated rings. The van der Waals surface area contributed by atoms with Gasteiger partial charge in [-0.05, 0) is 58.6 Å². The van der Waals surface area contributed by atoms with E-state index in [1.807, 2.05) is 13.0 Å². The molecule has 2 rings (SSSR count). The number of hydrogen-bond acceptors (Lipinski definition) is 4. The standard InChI is InChI=1S/C15H16BrN3O2/c1-9-6-11(8-18-14(9)16)19-15(21)13(17)7-10-2-4-12(20)5-3-10/h2-6,8,13,20H,7,17H2,1H3,(H,19,21). The number of amides is 1. The minimum absolute atomic E-state index is 0.188. The Morgan fingerprint density at radius 1 is 1.43 bits per heavy atom. The van der Waals surface area contributed by atoms with Crippen molar-refractivity contribution in [2.75, 3.05) is 5.32 Å². The number of phenolic OH excluding ortho intramolecular Hbond substituents is 1. The molecule has 6 heteroatoms. The molecule has 1 amide bonds. The molecule has 0 bridgehead atoms. The summed E-state index contributed by atoms with van der Waals surface area (Å²) in [7, 11) is 0. The topological polar surface area (TPSA) is 88.2 Å². The molecule has 0 saturated heterocycles. The van der Waals surface area contributed by atoms with Gasteiger partial charge < -0.3 is 16.2 Å². The van der Waals surface area contributed by atoms with Gasteiger partial charge in [-0.3, -0.25) is 4.79 Å². The van der Waals surface area contributed by atoms with Crippen molar-refractivity contribution in [3.8, 4) is 5.75 Å². The number of benzene rings is 1. The Labute approximate surface area is 131 Å². The first-order valence-corrected chi connectivity index (χ1v) is 7.21. The normalized spacial score (nSPS) is 12.0. The van der Waals surface area contributed by atoms with Crippen molar-refractivity contribution in [3.05, 3.63) is 52.3 Å². The third-order valence-corrected chi connectivity index (χ3v) is 3.84. The van der Waals surface area contributed by atoms with E-state index in [1.54, 1.807) is 30.5 Å². The van der Waals surface area contributed by atoms with Crippen LogP contribution in [0, 0.1) is 6.92 Å². The largest absolute Gasteiger partial charge is 0.508 e. The molecule has 4 N–H and O–H groups in total. The molecular weight excluding hydrogens is 334 g/mol. The maximum atomic E-state index is 12.1. The Morgan fingerprint density at radius 2 is 2.10 bits per heavy atom. The van der Waals surface area contributed by atoms with Gasteiger partial charge in [0.05, 0.1) is 17.9 Å². The molecule has 0 aliphatic rings. The molecule has 0 aliphatic heterocycles. The third kappa shape index (κ3) is 4.27. The second-order valence-corrected chi connectivity index (χ2v) is 5.55. The van der Waals surface area contributed by atoms with Gasteiger partial charge in [-0.25, -0.2) is 4.98 Å². The van der Waals surface area contributed by atoms with Crippen molar-refractivity contribution >= 4 is 27.5 Å². The molecule has 0 aliphatic carbocycles. The Balaban J connectivity index is 1.98. The molecule has 1 aromatic carbocycles. The molecule has 2 aromatic rings.